The number of anilines is 2. The predicted octanol–water partition coefficient (Wildman–Crippen LogP) is 1.08. The summed E-state index contributed by atoms with van der Waals surface area (Å²) in [6, 6.07) is 0. The van der Waals surface area contributed by atoms with Crippen LogP contribution in [0.5, 0.6) is 0 Å². The van der Waals surface area contributed by atoms with Crippen molar-refractivity contribution in [2.75, 3.05) is 38.2 Å². The summed E-state index contributed by atoms with van der Waals surface area (Å²) in [5.41, 5.74) is 5.45. The van der Waals surface area contributed by atoms with Gasteiger partial charge in [0.25, 0.3) is 0 Å². The van der Waals surface area contributed by atoms with Crippen molar-refractivity contribution in [1.82, 2.24) is 14.9 Å². The Morgan fingerprint density at radius 3 is 2.93 bits per heavy atom. The van der Waals surface area contributed by atoms with E-state index in [-0.39, 0.29) is 5.95 Å². The lowest BCUT2D eigenvalue weighted by atomic mass is 10.4. The van der Waals surface area contributed by atoms with Gasteiger partial charge >= 0.3 is 0 Å². The van der Waals surface area contributed by atoms with Crippen molar-refractivity contribution in [3.05, 3.63) is 11.2 Å². The molecule has 5 nitrogen and oxygen atoms in total. The molecular weight excluding hydrogens is 214 g/mol. The van der Waals surface area contributed by atoms with Crippen LogP contribution in [0.1, 0.15) is 6.42 Å². The molecular formula is C9H16ClN5. The summed E-state index contributed by atoms with van der Waals surface area (Å²) in [5, 5.41) is 3.61. The average molecular weight is 230 g/mol. The first-order valence-corrected chi connectivity index (χ1v) is 5.14. The second-order valence-electron chi connectivity index (χ2n) is 3.51. The van der Waals surface area contributed by atoms with E-state index in [4.69, 9.17) is 17.3 Å². The van der Waals surface area contributed by atoms with E-state index in [2.05, 4.69) is 20.2 Å². The first-order chi connectivity index (χ1) is 7.09. The van der Waals surface area contributed by atoms with Gasteiger partial charge in [-0.2, -0.15) is 4.98 Å². The van der Waals surface area contributed by atoms with Gasteiger partial charge in [0.15, 0.2) is 0 Å². The first kappa shape index (κ1) is 12.0. The van der Waals surface area contributed by atoms with E-state index in [1.165, 1.54) is 6.20 Å². The van der Waals surface area contributed by atoms with Gasteiger partial charge in [-0.3, -0.25) is 0 Å². The summed E-state index contributed by atoms with van der Waals surface area (Å²) in [5.74, 6) is 0.831. The quantitative estimate of drug-likeness (QED) is 0.740. The van der Waals surface area contributed by atoms with Gasteiger partial charge in [0.05, 0.1) is 6.20 Å². The van der Waals surface area contributed by atoms with Gasteiger partial charge in [0, 0.05) is 6.54 Å². The van der Waals surface area contributed by atoms with Gasteiger partial charge in [-0.15, -0.1) is 0 Å². The van der Waals surface area contributed by atoms with Crippen molar-refractivity contribution < 1.29 is 0 Å². The molecule has 84 valence electrons. The maximum absolute atomic E-state index is 5.88. The molecule has 6 heteroatoms. The summed E-state index contributed by atoms with van der Waals surface area (Å²) in [6.07, 6.45) is 2.52. The highest BCUT2D eigenvalue weighted by atomic mass is 35.5. The molecule has 0 amide bonds. The Hall–Kier alpha value is -1.07. The van der Waals surface area contributed by atoms with Gasteiger partial charge in [-0.25, -0.2) is 4.98 Å². The third-order valence-corrected chi connectivity index (χ3v) is 2.11. The number of halogens is 1. The van der Waals surface area contributed by atoms with Crippen LogP contribution in [0.4, 0.5) is 11.8 Å². The fourth-order valence-electron chi connectivity index (χ4n) is 1.11. The monoisotopic (exact) mass is 229 g/mol. The molecule has 15 heavy (non-hydrogen) atoms. The summed E-state index contributed by atoms with van der Waals surface area (Å²) < 4.78 is 0. The molecule has 0 saturated heterocycles. The molecule has 0 unspecified atom stereocenters. The third kappa shape index (κ3) is 4.31. The second kappa shape index (κ2) is 5.72. The van der Waals surface area contributed by atoms with Crippen molar-refractivity contribution >= 4 is 23.4 Å². The lowest BCUT2D eigenvalue weighted by Crippen LogP contribution is -2.17. The topological polar surface area (TPSA) is 67.1 Å². The molecule has 1 rings (SSSR count). The number of nitrogen functional groups attached to an aromatic ring is 1. The molecule has 1 heterocycles. The number of nitrogens with one attached hydrogen (secondary N) is 1. The Kier molecular flexibility index (Phi) is 4.58. The fraction of sp³-hybridized carbons (Fsp3) is 0.556. The van der Waals surface area contributed by atoms with E-state index in [0.29, 0.717) is 10.8 Å². The SMILES string of the molecule is CN(C)CCCNc1nc(N)ncc1Cl. The highest BCUT2D eigenvalue weighted by Crippen LogP contribution is 2.17. The van der Waals surface area contributed by atoms with E-state index in [1.54, 1.807) is 0 Å². The minimum atomic E-state index is 0.231. The Morgan fingerprint density at radius 2 is 2.27 bits per heavy atom. The van der Waals surface area contributed by atoms with Crippen LogP contribution in [0.2, 0.25) is 5.02 Å². The first-order valence-electron chi connectivity index (χ1n) is 4.76. The average Bonchev–Trinajstić information content (AvgIpc) is 2.17. The summed E-state index contributed by atoms with van der Waals surface area (Å²) in [4.78, 5) is 9.90. The fourth-order valence-corrected chi connectivity index (χ4v) is 1.26. The molecule has 0 bridgehead atoms. The minimum absolute atomic E-state index is 0.231. The van der Waals surface area contributed by atoms with Gasteiger partial charge in [-0.1, -0.05) is 11.6 Å². The third-order valence-electron chi connectivity index (χ3n) is 1.84. The van der Waals surface area contributed by atoms with Crippen LogP contribution in [-0.2, 0) is 0 Å². The molecule has 0 radical (unpaired) electrons. The maximum Gasteiger partial charge on any atom is 0.222 e. The van der Waals surface area contributed by atoms with Gasteiger partial charge < -0.3 is 16.0 Å². The van der Waals surface area contributed by atoms with E-state index in [9.17, 15) is 0 Å². The van der Waals surface area contributed by atoms with E-state index in [1.807, 2.05) is 14.1 Å². The molecule has 3 N–H and O–H groups in total. The number of hydrogen-bond acceptors (Lipinski definition) is 5. The van der Waals surface area contributed by atoms with E-state index >= 15 is 0 Å². The summed E-state index contributed by atoms with van der Waals surface area (Å²) >= 11 is 5.88. The largest absolute Gasteiger partial charge is 0.369 e. The standard InChI is InChI=1S/C9H16ClN5/c1-15(2)5-3-4-12-8-7(10)6-13-9(11)14-8/h6H,3-5H2,1-2H3,(H3,11,12,13,14). The van der Waals surface area contributed by atoms with Crippen molar-refractivity contribution in [3.8, 4) is 0 Å². The number of rotatable bonds is 5. The Bertz CT molecular complexity index is 315. The van der Waals surface area contributed by atoms with Crippen LogP contribution in [0.25, 0.3) is 0 Å². The summed E-state index contributed by atoms with van der Waals surface area (Å²) in [6.45, 7) is 1.83. The zero-order chi connectivity index (χ0) is 11.3. The smallest absolute Gasteiger partial charge is 0.222 e. The Morgan fingerprint density at radius 1 is 1.53 bits per heavy atom. The van der Waals surface area contributed by atoms with E-state index < -0.39 is 0 Å². The molecule has 0 aliphatic carbocycles. The van der Waals surface area contributed by atoms with Crippen LogP contribution in [0, 0.1) is 0 Å². The number of aromatic nitrogens is 2. The molecule has 0 aromatic carbocycles. The molecule has 0 spiro atoms. The van der Waals surface area contributed by atoms with Crippen LogP contribution >= 0.6 is 11.6 Å². The van der Waals surface area contributed by atoms with Gasteiger partial charge in [-0.05, 0) is 27.1 Å². The number of hydrogen-bond donors (Lipinski definition) is 2. The van der Waals surface area contributed by atoms with Crippen LogP contribution in [0.3, 0.4) is 0 Å². The number of nitrogens with two attached hydrogens (primary N) is 1. The molecule has 0 aliphatic heterocycles. The molecule has 0 saturated carbocycles. The van der Waals surface area contributed by atoms with Crippen LogP contribution in [-0.4, -0.2) is 42.1 Å². The molecule has 1 aromatic heterocycles. The zero-order valence-corrected chi connectivity index (χ0v) is 9.75. The van der Waals surface area contributed by atoms with Crippen molar-refractivity contribution in [2.45, 2.75) is 6.42 Å². The highest BCUT2D eigenvalue weighted by Gasteiger charge is 2.02. The number of nitrogens with zero attached hydrogens (tertiary/aromatic N) is 3. The van der Waals surface area contributed by atoms with Crippen molar-refractivity contribution in [3.63, 3.8) is 0 Å². The predicted molar refractivity (Wildman–Crippen MR) is 63.1 cm³/mol. The van der Waals surface area contributed by atoms with E-state index in [0.717, 1.165) is 19.5 Å². The minimum Gasteiger partial charge on any atom is -0.369 e. The van der Waals surface area contributed by atoms with Gasteiger partial charge in [0.1, 0.15) is 10.8 Å². The zero-order valence-electron chi connectivity index (χ0n) is 9.00. The lowest BCUT2D eigenvalue weighted by molar-refractivity contribution is 0.405. The normalized spacial score (nSPS) is 10.7. The molecule has 0 fully saturated rings. The van der Waals surface area contributed by atoms with Crippen LogP contribution in [0.15, 0.2) is 6.20 Å². The summed E-state index contributed by atoms with van der Waals surface area (Å²) in [7, 11) is 4.07. The van der Waals surface area contributed by atoms with Gasteiger partial charge in [0.2, 0.25) is 5.95 Å². The highest BCUT2D eigenvalue weighted by molar-refractivity contribution is 6.32. The van der Waals surface area contributed by atoms with Crippen molar-refractivity contribution in [2.24, 2.45) is 0 Å². The Labute approximate surface area is 94.6 Å². The maximum atomic E-state index is 5.88. The van der Waals surface area contributed by atoms with Crippen LogP contribution < -0.4 is 11.1 Å². The van der Waals surface area contributed by atoms with Crippen molar-refractivity contribution in [1.29, 1.82) is 0 Å². The second-order valence-corrected chi connectivity index (χ2v) is 3.92. The molecule has 1 aromatic rings. The lowest BCUT2D eigenvalue weighted by Gasteiger charge is -2.10. The molecule has 0 atom stereocenters. The Balaban J connectivity index is 2.40. The molecule has 0 aliphatic rings.